The van der Waals surface area contributed by atoms with E-state index in [1.807, 2.05) is 35.9 Å². The Hall–Kier alpha value is -2.31. The highest BCUT2D eigenvalue weighted by molar-refractivity contribution is 6.03. The van der Waals surface area contributed by atoms with Gasteiger partial charge in [-0.15, -0.1) is 0 Å². The lowest BCUT2D eigenvalue weighted by Crippen LogP contribution is -2.59. The number of nitrogens with zero attached hydrogens (tertiary/aromatic N) is 5. The largest absolute Gasteiger partial charge is 0.343 e. The van der Waals surface area contributed by atoms with Gasteiger partial charge in [0.15, 0.2) is 5.82 Å². The molecular weight excluding hydrogens is 330 g/mol. The molecule has 2 aliphatic rings. The summed E-state index contributed by atoms with van der Waals surface area (Å²) in [7, 11) is 0. The van der Waals surface area contributed by atoms with E-state index < -0.39 is 0 Å². The van der Waals surface area contributed by atoms with Crippen LogP contribution in [0.15, 0.2) is 18.3 Å². The van der Waals surface area contributed by atoms with Crippen LogP contribution < -0.4 is 9.91 Å². The fourth-order valence-electron chi connectivity index (χ4n) is 4.14. The zero-order valence-corrected chi connectivity index (χ0v) is 16.2. The molecule has 0 spiro atoms. The molecule has 0 unspecified atom stereocenters. The smallest absolute Gasteiger partial charge is 0.341 e. The quantitative estimate of drug-likeness (QED) is 0.829. The number of aromatic nitrogens is 1. The minimum atomic E-state index is -0.165. The molecule has 7 nitrogen and oxygen atoms in total. The first kappa shape index (κ1) is 18.5. The summed E-state index contributed by atoms with van der Waals surface area (Å²) in [4.78, 5) is 33.9. The number of hydrogen-bond acceptors (Lipinski definition) is 4. The van der Waals surface area contributed by atoms with Crippen molar-refractivity contribution in [2.24, 2.45) is 11.8 Å². The number of fused-ring (bicyclic) bond motifs is 1. The van der Waals surface area contributed by atoms with E-state index in [4.69, 9.17) is 0 Å². The number of hydrazine groups is 1. The van der Waals surface area contributed by atoms with Crippen molar-refractivity contribution >= 4 is 23.4 Å². The molecule has 1 aromatic heterocycles. The normalized spacial score (nSPS) is 23.3. The molecule has 0 N–H and O–H groups in total. The molecule has 0 aromatic carbocycles. The van der Waals surface area contributed by atoms with E-state index >= 15 is 0 Å². The minimum Gasteiger partial charge on any atom is -0.341 e. The number of carbonyl (C=O) groups excluding carboxylic acids is 2. The number of piperidine rings is 1. The summed E-state index contributed by atoms with van der Waals surface area (Å²) >= 11 is 0. The van der Waals surface area contributed by atoms with Crippen LogP contribution in [0.25, 0.3) is 0 Å². The Bertz CT molecular complexity index is 670. The molecule has 3 rings (SSSR count). The van der Waals surface area contributed by atoms with Gasteiger partial charge in [-0.2, -0.15) is 0 Å². The van der Waals surface area contributed by atoms with E-state index in [0.29, 0.717) is 30.6 Å². The van der Waals surface area contributed by atoms with E-state index in [0.717, 1.165) is 25.3 Å². The highest BCUT2D eigenvalue weighted by Gasteiger charge is 2.37. The van der Waals surface area contributed by atoms with E-state index in [2.05, 4.69) is 18.8 Å². The number of likely N-dealkylation sites (tertiary alicyclic amines) is 1. The molecule has 0 aliphatic carbocycles. The zero-order valence-electron chi connectivity index (χ0n) is 16.2. The van der Waals surface area contributed by atoms with Gasteiger partial charge in [0, 0.05) is 32.4 Å². The van der Waals surface area contributed by atoms with E-state index in [1.54, 1.807) is 16.1 Å². The van der Waals surface area contributed by atoms with Gasteiger partial charge in [0.25, 0.3) is 0 Å². The van der Waals surface area contributed by atoms with Gasteiger partial charge in [-0.3, -0.25) is 14.7 Å². The second-order valence-electron chi connectivity index (χ2n) is 7.39. The van der Waals surface area contributed by atoms with Crippen molar-refractivity contribution in [1.82, 2.24) is 14.9 Å². The van der Waals surface area contributed by atoms with Crippen LogP contribution in [-0.2, 0) is 4.79 Å². The van der Waals surface area contributed by atoms with Gasteiger partial charge in [-0.25, -0.2) is 14.8 Å². The molecule has 142 valence electrons. The third-order valence-corrected chi connectivity index (χ3v) is 5.16. The number of pyridine rings is 1. The van der Waals surface area contributed by atoms with Crippen molar-refractivity contribution in [3.8, 4) is 0 Å². The van der Waals surface area contributed by atoms with Gasteiger partial charge in [0.2, 0.25) is 5.91 Å². The lowest BCUT2D eigenvalue weighted by atomic mass is 9.92. The van der Waals surface area contributed by atoms with Crippen LogP contribution in [0.2, 0.25) is 0 Å². The van der Waals surface area contributed by atoms with Crippen molar-refractivity contribution < 1.29 is 9.59 Å². The summed E-state index contributed by atoms with van der Waals surface area (Å²) < 4.78 is 0. The van der Waals surface area contributed by atoms with Crippen molar-refractivity contribution in [2.45, 2.75) is 34.1 Å². The standard InChI is InChI=1S/C19H29N5O2/c1-5-23-18-16(8-7-9-20-18)22(19(26)24(23)6-2)13-17(25)21-11-14(3)10-15(4)12-21/h7-9,14-15H,5-6,10-13H2,1-4H3/t14-,15-/m1/s1. The Morgan fingerprint density at radius 2 is 1.81 bits per heavy atom. The second-order valence-corrected chi connectivity index (χ2v) is 7.39. The average molecular weight is 359 g/mol. The number of rotatable bonds is 4. The first-order valence-electron chi connectivity index (χ1n) is 9.55. The van der Waals surface area contributed by atoms with Gasteiger partial charge in [-0.1, -0.05) is 13.8 Å². The summed E-state index contributed by atoms with van der Waals surface area (Å²) in [6.45, 7) is 11.1. The highest BCUT2D eigenvalue weighted by Crippen LogP contribution is 2.33. The molecule has 3 amide bonds. The maximum absolute atomic E-state index is 13.0. The maximum Gasteiger partial charge on any atom is 0.343 e. The predicted octanol–water partition coefficient (Wildman–Crippen LogP) is 2.59. The van der Waals surface area contributed by atoms with Gasteiger partial charge < -0.3 is 4.90 Å². The predicted molar refractivity (Wildman–Crippen MR) is 102 cm³/mol. The summed E-state index contributed by atoms with van der Waals surface area (Å²) in [5.74, 6) is 1.73. The molecule has 1 aromatic rings. The number of urea groups is 1. The first-order chi connectivity index (χ1) is 12.5. The minimum absolute atomic E-state index is 0.00699. The van der Waals surface area contributed by atoms with Crippen LogP contribution in [-0.4, -0.2) is 59.6 Å². The van der Waals surface area contributed by atoms with E-state index in [9.17, 15) is 9.59 Å². The topological polar surface area (TPSA) is 60.0 Å². The molecule has 0 bridgehead atoms. The van der Waals surface area contributed by atoms with Crippen LogP contribution in [0.5, 0.6) is 0 Å². The van der Waals surface area contributed by atoms with Gasteiger partial charge in [0.1, 0.15) is 6.54 Å². The van der Waals surface area contributed by atoms with Crippen molar-refractivity contribution in [1.29, 1.82) is 0 Å². The van der Waals surface area contributed by atoms with Crippen molar-refractivity contribution in [3.05, 3.63) is 18.3 Å². The second kappa shape index (κ2) is 7.51. The molecule has 2 atom stereocenters. The Labute approximate surface area is 155 Å². The lowest BCUT2D eigenvalue weighted by Gasteiger charge is -2.44. The molecule has 1 saturated heterocycles. The molecule has 1 fully saturated rings. The third kappa shape index (κ3) is 3.34. The Morgan fingerprint density at radius 1 is 1.15 bits per heavy atom. The molecule has 26 heavy (non-hydrogen) atoms. The zero-order chi connectivity index (χ0) is 18.8. The van der Waals surface area contributed by atoms with E-state index in [1.165, 1.54) is 0 Å². The van der Waals surface area contributed by atoms with Gasteiger partial charge in [0.05, 0.1) is 5.69 Å². The van der Waals surface area contributed by atoms with Gasteiger partial charge >= 0.3 is 6.03 Å². The monoisotopic (exact) mass is 359 g/mol. The summed E-state index contributed by atoms with van der Waals surface area (Å²) in [5.41, 5.74) is 0.704. The number of carbonyl (C=O) groups is 2. The van der Waals surface area contributed by atoms with Crippen LogP contribution in [0.4, 0.5) is 16.3 Å². The van der Waals surface area contributed by atoms with E-state index in [-0.39, 0.29) is 18.5 Å². The Morgan fingerprint density at radius 3 is 2.42 bits per heavy atom. The lowest BCUT2D eigenvalue weighted by molar-refractivity contribution is -0.132. The fraction of sp³-hybridized carbons (Fsp3) is 0.632. The van der Waals surface area contributed by atoms with Crippen LogP contribution in [0, 0.1) is 11.8 Å². The van der Waals surface area contributed by atoms with Crippen molar-refractivity contribution in [3.63, 3.8) is 0 Å². The number of amides is 3. The molecule has 0 saturated carbocycles. The number of anilines is 2. The summed E-state index contributed by atoms with van der Waals surface area (Å²) in [6, 6.07) is 3.51. The van der Waals surface area contributed by atoms with Crippen LogP contribution >= 0.6 is 0 Å². The average Bonchev–Trinajstić information content (AvgIpc) is 2.62. The SMILES string of the molecule is CCN1C(=O)N(CC(=O)N2C[C@H](C)C[C@@H](C)C2)c2cccnc2N1CC. The van der Waals surface area contributed by atoms with Gasteiger partial charge in [-0.05, 0) is 44.2 Å². The molecule has 2 aliphatic heterocycles. The maximum atomic E-state index is 13.0. The van der Waals surface area contributed by atoms with Crippen molar-refractivity contribution in [2.75, 3.05) is 42.6 Å². The summed E-state index contributed by atoms with van der Waals surface area (Å²) in [6.07, 6.45) is 2.87. The first-order valence-corrected chi connectivity index (χ1v) is 9.55. The fourth-order valence-corrected chi connectivity index (χ4v) is 4.14. The molecular formula is C19H29N5O2. The van der Waals surface area contributed by atoms with Crippen LogP contribution in [0.1, 0.15) is 34.1 Å². The van der Waals surface area contributed by atoms with Crippen LogP contribution in [0.3, 0.4) is 0 Å². The Balaban J connectivity index is 1.86. The highest BCUT2D eigenvalue weighted by atomic mass is 16.2. The Kier molecular flexibility index (Phi) is 5.34. The molecule has 7 heteroatoms. The third-order valence-electron chi connectivity index (χ3n) is 5.16. The number of hydrogen-bond donors (Lipinski definition) is 0. The summed E-state index contributed by atoms with van der Waals surface area (Å²) in [5, 5.41) is 3.54. The molecule has 0 radical (unpaired) electrons. The molecule has 3 heterocycles.